The number of rotatable bonds is 4. The molecule has 82 valence electrons. The van der Waals surface area contributed by atoms with E-state index >= 15 is 0 Å². The highest BCUT2D eigenvalue weighted by Gasteiger charge is 1.96. The third kappa shape index (κ3) is 5.16. The molecule has 0 unspecified atom stereocenters. The molecule has 0 aromatic heterocycles. The molecule has 15 heavy (non-hydrogen) atoms. The molecule has 0 aliphatic carbocycles. The summed E-state index contributed by atoms with van der Waals surface area (Å²) >= 11 is 0. The molecule has 0 heterocycles. The Hall–Kier alpha value is -1.37. The minimum Gasteiger partial charge on any atom is -0.297 e. The van der Waals surface area contributed by atoms with E-state index in [-0.39, 0.29) is 0 Å². The summed E-state index contributed by atoms with van der Waals surface area (Å²) in [6.07, 6.45) is 7.85. The van der Waals surface area contributed by atoms with Gasteiger partial charge in [-0.25, -0.2) is 0 Å². The van der Waals surface area contributed by atoms with Gasteiger partial charge in [-0.3, -0.25) is 4.99 Å². The summed E-state index contributed by atoms with van der Waals surface area (Å²) in [5.41, 5.74) is 4.98. The Morgan fingerprint density at radius 2 is 1.73 bits per heavy atom. The molecule has 0 aliphatic heterocycles. The molecule has 0 amide bonds. The molecule has 0 bridgehead atoms. The first kappa shape index (κ1) is 13.6. The third-order valence-electron chi connectivity index (χ3n) is 2.42. The van der Waals surface area contributed by atoms with Crippen LogP contribution in [0.15, 0.2) is 52.1 Å². The summed E-state index contributed by atoms with van der Waals surface area (Å²) in [6.45, 7) is 12.1. The predicted molar refractivity (Wildman–Crippen MR) is 70.5 cm³/mol. The summed E-state index contributed by atoms with van der Waals surface area (Å²) in [4.78, 5) is 3.94. The Balaban J connectivity index is 5.02. The maximum Gasteiger partial charge on any atom is 0.0277 e. The van der Waals surface area contributed by atoms with E-state index in [0.717, 1.165) is 0 Å². The summed E-state index contributed by atoms with van der Waals surface area (Å²) in [7, 11) is 1.78. The first-order chi connectivity index (χ1) is 7.02. The van der Waals surface area contributed by atoms with Gasteiger partial charge < -0.3 is 0 Å². The van der Waals surface area contributed by atoms with E-state index in [9.17, 15) is 0 Å². The second-order valence-corrected chi connectivity index (χ2v) is 3.66. The van der Waals surface area contributed by atoms with E-state index in [1.807, 2.05) is 18.4 Å². The van der Waals surface area contributed by atoms with Crippen LogP contribution in [0.25, 0.3) is 0 Å². The molecule has 0 rings (SSSR count). The topological polar surface area (TPSA) is 12.4 Å². The van der Waals surface area contributed by atoms with Crippen LogP contribution in [0.4, 0.5) is 0 Å². The standard InChI is InChI=1S/C14H21N/c1-7-11(2)10-13(4)14(5)12(3)8-9-15-6/h7-10H,1H2,2-6H3/b11-10-,12-8+,14-13+,15-9?. The van der Waals surface area contributed by atoms with Crippen LogP contribution < -0.4 is 0 Å². The van der Waals surface area contributed by atoms with Gasteiger partial charge in [0.25, 0.3) is 0 Å². The van der Waals surface area contributed by atoms with Crippen molar-refractivity contribution >= 4 is 6.21 Å². The van der Waals surface area contributed by atoms with Crippen molar-refractivity contribution in [2.45, 2.75) is 27.7 Å². The molecule has 0 aromatic rings. The minimum absolute atomic E-state index is 1.18. The zero-order valence-electron chi connectivity index (χ0n) is 10.5. The molecule has 1 nitrogen and oxygen atoms in total. The number of allylic oxidation sites excluding steroid dienone is 7. The number of hydrogen-bond acceptors (Lipinski definition) is 1. The van der Waals surface area contributed by atoms with E-state index in [0.29, 0.717) is 0 Å². The van der Waals surface area contributed by atoms with Crippen LogP contribution in [0, 0.1) is 0 Å². The van der Waals surface area contributed by atoms with Crippen LogP contribution in [0.5, 0.6) is 0 Å². The normalized spacial score (nSPS) is 15.5. The van der Waals surface area contributed by atoms with Gasteiger partial charge in [0, 0.05) is 13.3 Å². The van der Waals surface area contributed by atoms with Crippen LogP contribution in [-0.4, -0.2) is 13.3 Å². The molecule has 0 spiro atoms. The third-order valence-corrected chi connectivity index (χ3v) is 2.42. The molecule has 0 atom stereocenters. The van der Waals surface area contributed by atoms with Crippen LogP contribution in [0.3, 0.4) is 0 Å². The predicted octanol–water partition coefficient (Wildman–Crippen LogP) is 4.10. The lowest BCUT2D eigenvalue weighted by Gasteiger charge is -2.04. The molecular weight excluding hydrogens is 182 g/mol. The summed E-state index contributed by atoms with van der Waals surface area (Å²) in [6, 6.07) is 0. The van der Waals surface area contributed by atoms with Crippen molar-refractivity contribution in [1.29, 1.82) is 0 Å². The lowest BCUT2D eigenvalue weighted by molar-refractivity contribution is 1.27. The van der Waals surface area contributed by atoms with Gasteiger partial charge in [-0.2, -0.15) is 0 Å². The SMILES string of the molecule is C=C\C(C)=C/C(C)=C(C)/C(C)=C/C=NC. The quantitative estimate of drug-likeness (QED) is 0.482. The average molecular weight is 203 g/mol. The van der Waals surface area contributed by atoms with Crippen molar-refractivity contribution in [3.05, 3.63) is 47.1 Å². The van der Waals surface area contributed by atoms with Crippen molar-refractivity contribution in [2.24, 2.45) is 4.99 Å². The summed E-state index contributed by atoms with van der Waals surface area (Å²) in [5.74, 6) is 0. The van der Waals surface area contributed by atoms with E-state index in [1.165, 1.54) is 22.3 Å². The Morgan fingerprint density at radius 1 is 1.13 bits per heavy atom. The lowest BCUT2D eigenvalue weighted by Crippen LogP contribution is -1.86. The Labute approximate surface area is 93.6 Å². The zero-order valence-corrected chi connectivity index (χ0v) is 10.5. The van der Waals surface area contributed by atoms with Gasteiger partial charge in [0.2, 0.25) is 0 Å². The molecule has 0 N–H and O–H groups in total. The summed E-state index contributed by atoms with van der Waals surface area (Å²) in [5, 5.41) is 0. The van der Waals surface area contributed by atoms with Gasteiger partial charge in [-0.1, -0.05) is 24.3 Å². The lowest BCUT2D eigenvalue weighted by atomic mass is 10.0. The van der Waals surface area contributed by atoms with Crippen molar-refractivity contribution in [1.82, 2.24) is 0 Å². The molecule has 0 fully saturated rings. The maximum atomic E-state index is 3.94. The first-order valence-corrected chi connectivity index (χ1v) is 5.10. The fraction of sp³-hybridized carbons (Fsp3) is 0.357. The first-order valence-electron chi connectivity index (χ1n) is 5.10. The highest BCUT2D eigenvalue weighted by Crippen LogP contribution is 2.15. The van der Waals surface area contributed by atoms with Crippen LogP contribution in [0.2, 0.25) is 0 Å². The van der Waals surface area contributed by atoms with E-state index in [1.54, 1.807) is 7.05 Å². The van der Waals surface area contributed by atoms with Crippen molar-refractivity contribution in [3.8, 4) is 0 Å². The maximum absolute atomic E-state index is 3.94. The molecule has 0 aliphatic rings. The highest BCUT2D eigenvalue weighted by molar-refractivity contribution is 5.73. The second kappa shape index (κ2) is 6.99. The van der Waals surface area contributed by atoms with Gasteiger partial charge >= 0.3 is 0 Å². The van der Waals surface area contributed by atoms with Crippen LogP contribution in [0.1, 0.15) is 27.7 Å². The average Bonchev–Trinajstić information content (AvgIpc) is 2.24. The number of nitrogens with zero attached hydrogens (tertiary/aromatic N) is 1. The Morgan fingerprint density at radius 3 is 2.20 bits per heavy atom. The summed E-state index contributed by atoms with van der Waals surface area (Å²) < 4.78 is 0. The van der Waals surface area contributed by atoms with Gasteiger partial charge in [-0.15, -0.1) is 0 Å². The monoisotopic (exact) mass is 203 g/mol. The Bertz CT molecular complexity index is 338. The van der Waals surface area contributed by atoms with Crippen molar-refractivity contribution < 1.29 is 0 Å². The number of hydrogen-bond donors (Lipinski definition) is 0. The van der Waals surface area contributed by atoms with Crippen LogP contribution in [-0.2, 0) is 0 Å². The van der Waals surface area contributed by atoms with E-state index < -0.39 is 0 Å². The molecule has 0 saturated carbocycles. The highest BCUT2D eigenvalue weighted by atomic mass is 14.6. The van der Waals surface area contributed by atoms with E-state index in [2.05, 4.69) is 45.3 Å². The number of aliphatic imine (C=N–C) groups is 1. The molecule has 0 saturated heterocycles. The minimum atomic E-state index is 1.18. The van der Waals surface area contributed by atoms with Gasteiger partial charge in [0.15, 0.2) is 0 Å². The largest absolute Gasteiger partial charge is 0.297 e. The molecular formula is C14H21N. The fourth-order valence-electron chi connectivity index (χ4n) is 1.13. The van der Waals surface area contributed by atoms with Crippen molar-refractivity contribution in [2.75, 3.05) is 7.05 Å². The molecule has 0 aromatic carbocycles. The van der Waals surface area contributed by atoms with Gasteiger partial charge in [0.05, 0.1) is 0 Å². The fourth-order valence-corrected chi connectivity index (χ4v) is 1.13. The smallest absolute Gasteiger partial charge is 0.0277 e. The molecule has 1 heteroatoms. The van der Waals surface area contributed by atoms with Gasteiger partial charge in [-0.05, 0) is 50.5 Å². The van der Waals surface area contributed by atoms with Gasteiger partial charge in [0.1, 0.15) is 0 Å². The van der Waals surface area contributed by atoms with Crippen LogP contribution >= 0.6 is 0 Å². The molecule has 0 radical (unpaired) electrons. The second-order valence-electron chi connectivity index (χ2n) is 3.66. The zero-order chi connectivity index (χ0) is 11.8. The van der Waals surface area contributed by atoms with Crippen molar-refractivity contribution in [3.63, 3.8) is 0 Å². The Kier molecular flexibility index (Phi) is 6.35. The van der Waals surface area contributed by atoms with E-state index in [4.69, 9.17) is 0 Å².